The number of anilines is 1. The first-order valence-corrected chi connectivity index (χ1v) is 13.5. The molecule has 1 amide bonds. The predicted octanol–water partition coefficient (Wildman–Crippen LogP) is 5.00. The Morgan fingerprint density at radius 3 is 2.71 bits per heavy atom. The first kappa shape index (κ1) is 24.2. The molecular formula is C28H27N7O2S. The van der Waals surface area contributed by atoms with Crippen molar-refractivity contribution in [3.8, 4) is 17.1 Å². The van der Waals surface area contributed by atoms with Crippen LogP contribution in [0.1, 0.15) is 34.1 Å². The number of hydrogen-bond donors (Lipinski definition) is 0. The van der Waals surface area contributed by atoms with Gasteiger partial charge < -0.3 is 4.42 Å². The van der Waals surface area contributed by atoms with E-state index >= 15 is 0 Å². The molecule has 1 aliphatic heterocycles. The SMILES string of the molecule is Cc1nnc(-c2cccc(-n3ccc(N(C(=O)c4cccs4)C4CCN(Cc5ccccn5)CC4)n3)c2)o1. The Morgan fingerprint density at radius 2 is 1.97 bits per heavy atom. The number of hydrogen-bond acceptors (Lipinski definition) is 8. The van der Waals surface area contributed by atoms with Crippen LogP contribution in [0.2, 0.25) is 0 Å². The van der Waals surface area contributed by atoms with Crippen LogP contribution >= 0.6 is 11.3 Å². The van der Waals surface area contributed by atoms with Crippen LogP contribution in [-0.4, -0.2) is 54.9 Å². The van der Waals surface area contributed by atoms with Gasteiger partial charge >= 0.3 is 0 Å². The monoisotopic (exact) mass is 525 g/mol. The second-order valence-electron chi connectivity index (χ2n) is 9.28. The highest BCUT2D eigenvalue weighted by atomic mass is 32.1. The van der Waals surface area contributed by atoms with E-state index in [1.165, 1.54) is 11.3 Å². The van der Waals surface area contributed by atoms with Gasteiger partial charge in [-0.3, -0.25) is 19.6 Å². The molecule has 0 radical (unpaired) electrons. The molecule has 1 aromatic carbocycles. The quantitative estimate of drug-likeness (QED) is 0.295. The van der Waals surface area contributed by atoms with Gasteiger partial charge in [0.05, 0.1) is 16.3 Å². The van der Waals surface area contributed by atoms with Gasteiger partial charge in [0.2, 0.25) is 11.8 Å². The van der Waals surface area contributed by atoms with Crippen molar-refractivity contribution in [1.82, 2.24) is 29.9 Å². The maximum atomic E-state index is 13.7. The minimum atomic E-state index is -0.0106. The van der Waals surface area contributed by atoms with Crippen molar-refractivity contribution in [1.29, 1.82) is 0 Å². The fourth-order valence-electron chi connectivity index (χ4n) is 4.81. The number of carbonyl (C=O) groups is 1. The molecule has 192 valence electrons. The minimum Gasteiger partial charge on any atom is -0.421 e. The fourth-order valence-corrected chi connectivity index (χ4v) is 5.47. The zero-order valence-electron chi connectivity index (χ0n) is 21.0. The highest BCUT2D eigenvalue weighted by molar-refractivity contribution is 7.12. The van der Waals surface area contributed by atoms with Crippen LogP contribution in [0.15, 0.2) is 82.9 Å². The van der Waals surface area contributed by atoms with Crippen LogP contribution in [0, 0.1) is 6.92 Å². The van der Waals surface area contributed by atoms with Gasteiger partial charge in [-0.2, -0.15) is 0 Å². The lowest BCUT2D eigenvalue weighted by atomic mass is 10.0. The van der Waals surface area contributed by atoms with Crippen LogP contribution < -0.4 is 4.90 Å². The summed E-state index contributed by atoms with van der Waals surface area (Å²) < 4.78 is 7.38. The Bertz CT molecular complexity index is 1510. The van der Waals surface area contributed by atoms with Crippen LogP contribution in [0.4, 0.5) is 5.82 Å². The topological polar surface area (TPSA) is 93.2 Å². The Labute approximate surface area is 224 Å². The third kappa shape index (κ3) is 5.13. The van der Waals surface area contributed by atoms with Crippen molar-refractivity contribution in [2.75, 3.05) is 18.0 Å². The van der Waals surface area contributed by atoms with Crippen LogP contribution in [-0.2, 0) is 6.54 Å². The molecule has 0 unspecified atom stereocenters. The summed E-state index contributed by atoms with van der Waals surface area (Å²) in [5, 5.41) is 14.8. The zero-order valence-corrected chi connectivity index (χ0v) is 21.8. The molecule has 0 atom stereocenters. The average molecular weight is 526 g/mol. The second-order valence-corrected chi connectivity index (χ2v) is 10.2. The number of likely N-dealkylation sites (tertiary alicyclic amines) is 1. The van der Waals surface area contributed by atoms with Crippen molar-refractivity contribution < 1.29 is 9.21 Å². The molecule has 1 fully saturated rings. The number of amides is 1. The molecule has 1 aliphatic rings. The van der Waals surface area contributed by atoms with Gasteiger partial charge in [0.1, 0.15) is 0 Å². The van der Waals surface area contributed by atoms with E-state index in [-0.39, 0.29) is 11.9 Å². The number of rotatable bonds is 7. The summed E-state index contributed by atoms with van der Waals surface area (Å²) in [6.45, 7) is 4.36. The molecule has 1 saturated heterocycles. The summed E-state index contributed by atoms with van der Waals surface area (Å²) in [6.07, 6.45) is 5.45. The summed E-state index contributed by atoms with van der Waals surface area (Å²) in [6, 6.07) is 19.5. The van der Waals surface area contributed by atoms with E-state index in [4.69, 9.17) is 9.52 Å². The molecule has 5 heterocycles. The van der Waals surface area contributed by atoms with E-state index in [0.29, 0.717) is 22.5 Å². The lowest BCUT2D eigenvalue weighted by molar-refractivity contribution is 0.0961. The first-order chi connectivity index (χ1) is 18.6. The Balaban J connectivity index is 1.24. The predicted molar refractivity (Wildman–Crippen MR) is 145 cm³/mol. The highest BCUT2D eigenvalue weighted by Crippen LogP contribution is 2.28. The number of aromatic nitrogens is 5. The van der Waals surface area contributed by atoms with Gasteiger partial charge in [-0.15, -0.1) is 26.6 Å². The number of carbonyl (C=O) groups excluding carboxylic acids is 1. The molecule has 0 N–H and O–H groups in total. The molecule has 6 rings (SSSR count). The maximum Gasteiger partial charge on any atom is 0.269 e. The third-order valence-electron chi connectivity index (χ3n) is 6.69. The van der Waals surface area contributed by atoms with Crippen molar-refractivity contribution in [3.63, 3.8) is 0 Å². The van der Waals surface area contributed by atoms with Crippen LogP contribution in [0.5, 0.6) is 0 Å². The van der Waals surface area contributed by atoms with E-state index in [0.717, 1.165) is 49.4 Å². The molecule has 0 spiro atoms. The van der Waals surface area contributed by atoms with Gasteiger partial charge in [-0.25, -0.2) is 4.68 Å². The normalized spacial score (nSPS) is 14.6. The third-order valence-corrected chi connectivity index (χ3v) is 7.55. The second kappa shape index (κ2) is 10.7. The molecular weight excluding hydrogens is 498 g/mol. The first-order valence-electron chi connectivity index (χ1n) is 12.6. The Morgan fingerprint density at radius 1 is 1.08 bits per heavy atom. The van der Waals surface area contributed by atoms with E-state index in [2.05, 4.69) is 26.1 Å². The molecule has 10 heteroatoms. The summed E-state index contributed by atoms with van der Waals surface area (Å²) in [5.41, 5.74) is 2.72. The molecule has 38 heavy (non-hydrogen) atoms. The van der Waals surface area contributed by atoms with E-state index in [1.54, 1.807) is 11.6 Å². The number of aryl methyl sites for hydroxylation is 1. The lowest BCUT2D eigenvalue weighted by Gasteiger charge is -2.37. The van der Waals surface area contributed by atoms with Crippen molar-refractivity contribution in [3.05, 3.63) is 94.9 Å². The summed E-state index contributed by atoms with van der Waals surface area (Å²) in [5.74, 6) is 1.61. The molecule has 0 aliphatic carbocycles. The largest absolute Gasteiger partial charge is 0.421 e. The summed E-state index contributed by atoms with van der Waals surface area (Å²) in [4.78, 5) is 23.2. The highest BCUT2D eigenvalue weighted by Gasteiger charge is 2.32. The number of pyridine rings is 1. The number of nitrogens with zero attached hydrogens (tertiary/aromatic N) is 7. The molecule has 5 aromatic rings. The van der Waals surface area contributed by atoms with Gasteiger partial charge in [0.25, 0.3) is 5.91 Å². The van der Waals surface area contributed by atoms with Crippen molar-refractivity contribution >= 4 is 23.1 Å². The zero-order chi connectivity index (χ0) is 25.9. The molecule has 0 bridgehead atoms. The van der Waals surface area contributed by atoms with E-state index < -0.39 is 0 Å². The molecule has 0 saturated carbocycles. The molecule has 4 aromatic heterocycles. The van der Waals surface area contributed by atoms with Crippen LogP contribution in [0.3, 0.4) is 0 Å². The maximum absolute atomic E-state index is 13.7. The van der Waals surface area contributed by atoms with Crippen molar-refractivity contribution in [2.45, 2.75) is 32.4 Å². The van der Waals surface area contributed by atoms with Gasteiger partial charge in [-0.05, 0) is 54.6 Å². The fraction of sp³-hybridized carbons (Fsp3) is 0.250. The summed E-state index contributed by atoms with van der Waals surface area (Å²) in [7, 11) is 0. The Kier molecular flexibility index (Phi) is 6.80. The van der Waals surface area contributed by atoms with E-state index in [1.807, 2.05) is 77.3 Å². The molecule has 9 nitrogen and oxygen atoms in total. The van der Waals surface area contributed by atoms with Gasteiger partial charge in [0, 0.05) is 56.6 Å². The Hall–Kier alpha value is -4.15. The minimum absolute atomic E-state index is 0.0106. The standard InChI is InChI=1S/C28H27N7O2S/c1-20-30-31-27(37-20)21-6-4-8-24(18-21)34-16-12-26(32-34)35(28(36)25-9-5-17-38-25)23-10-14-33(15-11-23)19-22-7-2-3-13-29-22/h2-9,12-13,16-18,23H,10-11,14-15,19H2,1H3. The van der Waals surface area contributed by atoms with Crippen LogP contribution in [0.25, 0.3) is 17.1 Å². The van der Waals surface area contributed by atoms with Gasteiger partial charge in [0.15, 0.2) is 5.82 Å². The van der Waals surface area contributed by atoms with Crippen molar-refractivity contribution in [2.24, 2.45) is 0 Å². The number of benzene rings is 1. The van der Waals surface area contributed by atoms with E-state index in [9.17, 15) is 4.79 Å². The number of thiophene rings is 1. The smallest absolute Gasteiger partial charge is 0.269 e. The average Bonchev–Trinajstić information content (AvgIpc) is 3.73. The lowest BCUT2D eigenvalue weighted by Crippen LogP contribution is -2.47. The van der Waals surface area contributed by atoms with Gasteiger partial charge in [-0.1, -0.05) is 18.2 Å². The summed E-state index contributed by atoms with van der Waals surface area (Å²) >= 11 is 1.46. The number of piperidine rings is 1.